The molecule has 0 aliphatic carbocycles. The highest BCUT2D eigenvalue weighted by Crippen LogP contribution is 2.29. The van der Waals surface area contributed by atoms with Crippen LogP contribution in [0.1, 0.15) is 5.56 Å². The Morgan fingerprint density at radius 3 is 2.71 bits per heavy atom. The van der Waals surface area contributed by atoms with Gasteiger partial charge >= 0.3 is 5.56 Å². The number of para-hydroxylation sites is 2. The number of anilines is 1. The zero-order valence-electron chi connectivity index (χ0n) is 18.6. The standard InChI is InChI=1S/C26H21N3O4S/c1-16-8-3-5-12-20(16)27-22(30)15-34-26-28-23-19-11-4-6-13-21(19)33-24(23)25(31)29(26)17-9-7-10-18(14-17)32-2/h3-14H,15H2,1-2H3,(H,27,30). The minimum atomic E-state index is -0.351. The molecule has 5 aromatic rings. The average molecular weight is 472 g/mol. The second kappa shape index (κ2) is 9.07. The van der Waals surface area contributed by atoms with E-state index >= 15 is 0 Å². The predicted octanol–water partition coefficient (Wildman–Crippen LogP) is 5.18. The molecular weight excluding hydrogens is 450 g/mol. The summed E-state index contributed by atoms with van der Waals surface area (Å²) in [6.45, 7) is 1.93. The fourth-order valence-corrected chi connectivity index (χ4v) is 4.53. The van der Waals surface area contributed by atoms with E-state index in [1.54, 1.807) is 37.4 Å². The fraction of sp³-hybridized carbons (Fsp3) is 0.115. The van der Waals surface area contributed by atoms with Gasteiger partial charge in [-0.25, -0.2) is 4.98 Å². The lowest BCUT2D eigenvalue weighted by Gasteiger charge is -2.13. The molecule has 0 atom stereocenters. The summed E-state index contributed by atoms with van der Waals surface area (Å²) in [6.07, 6.45) is 0. The molecule has 0 saturated heterocycles. The van der Waals surface area contributed by atoms with Crippen LogP contribution in [0.25, 0.3) is 27.8 Å². The number of fused-ring (bicyclic) bond motifs is 3. The Balaban J connectivity index is 1.58. The molecule has 2 aromatic heterocycles. The highest BCUT2D eigenvalue weighted by Gasteiger charge is 2.20. The number of hydrogen-bond donors (Lipinski definition) is 1. The third-order valence-electron chi connectivity index (χ3n) is 5.43. The molecular formula is C26H21N3O4S. The minimum absolute atomic E-state index is 0.0754. The van der Waals surface area contributed by atoms with E-state index in [1.165, 1.54) is 16.3 Å². The van der Waals surface area contributed by atoms with Crippen molar-refractivity contribution in [3.05, 3.63) is 88.7 Å². The van der Waals surface area contributed by atoms with Gasteiger partial charge in [0.2, 0.25) is 11.5 Å². The number of rotatable bonds is 6. The summed E-state index contributed by atoms with van der Waals surface area (Å²) >= 11 is 1.19. The Morgan fingerprint density at radius 2 is 1.88 bits per heavy atom. The third kappa shape index (κ3) is 4.04. The van der Waals surface area contributed by atoms with Gasteiger partial charge in [-0.1, -0.05) is 48.2 Å². The van der Waals surface area contributed by atoms with Crippen molar-refractivity contribution >= 4 is 45.4 Å². The van der Waals surface area contributed by atoms with Gasteiger partial charge in [-0.05, 0) is 42.8 Å². The highest BCUT2D eigenvalue weighted by molar-refractivity contribution is 7.99. The normalized spacial score (nSPS) is 11.1. The molecule has 0 unspecified atom stereocenters. The van der Waals surface area contributed by atoms with Crippen LogP contribution in [0.5, 0.6) is 5.75 Å². The van der Waals surface area contributed by atoms with E-state index in [0.29, 0.717) is 27.7 Å². The molecule has 0 aliphatic rings. The first-order chi connectivity index (χ1) is 16.5. The molecule has 0 aliphatic heterocycles. The van der Waals surface area contributed by atoms with E-state index in [2.05, 4.69) is 5.32 Å². The maximum atomic E-state index is 13.6. The van der Waals surface area contributed by atoms with Crippen molar-refractivity contribution in [1.82, 2.24) is 9.55 Å². The SMILES string of the molecule is COc1cccc(-n2c(SCC(=O)Nc3ccccc3C)nc3c(oc4ccccc43)c2=O)c1. The highest BCUT2D eigenvalue weighted by atomic mass is 32.2. The second-order valence-corrected chi connectivity index (χ2v) is 8.61. The van der Waals surface area contributed by atoms with E-state index in [0.717, 1.165) is 16.6 Å². The molecule has 0 spiro atoms. The number of amides is 1. The van der Waals surface area contributed by atoms with Crippen LogP contribution in [-0.2, 0) is 4.79 Å². The van der Waals surface area contributed by atoms with Crippen molar-refractivity contribution in [1.29, 1.82) is 0 Å². The lowest BCUT2D eigenvalue weighted by Crippen LogP contribution is -2.22. The number of nitrogens with one attached hydrogen (secondary N) is 1. The lowest BCUT2D eigenvalue weighted by molar-refractivity contribution is -0.113. The summed E-state index contributed by atoms with van der Waals surface area (Å²) < 4.78 is 12.7. The number of aryl methyl sites for hydroxylation is 1. The van der Waals surface area contributed by atoms with E-state index in [9.17, 15) is 9.59 Å². The maximum Gasteiger partial charge on any atom is 0.302 e. The number of nitrogens with zero attached hydrogens (tertiary/aromatic N) is 2. The summed E-state index contributed by atoms with van der Waals surface area (Å²) in [5.74, 6) is 0.483. The van der Waals surface area contributed by atoms with Crippen LogP contribution in [0.15, 0.2) is 87.2 Å². The van der Waals surface area contributed by atoms with Gasteiger partial charge in [0.15, 0.2) is 5.16 Å². The molecule has 0 bridgehead atoms. The van der Waals surface area contributed by atoms with Crippen LogP contribution < -0.4 is 15.6 Å². The smallest absolute Gasteiger partial charge is 0.302 e. The van der Waals surface area contributed by atoms with Gasteiger partial charge in [0.1, 0.15) is 16.8 Å². The number of thioether (sulfide) groups is 1. The van der Waals surface area contributed by atoms with E-state index in [4.69, 9.17) is 14.1 Å². The van der Waals surface area contributed by atoms with Crippen molar-refractivity contribution < 1.29 is 13.9 Å². The first-order valence-corrected chi connectivity index (χ1v) is 11.6. The number of aromatic nitrogens is 2. The quantitative estimate of drug-likeness (QED) is 0.271. The zero-order chi connectivity index (χ0) is 23.7. The van der Waals surface area contributed by atoms with Gasteiger partial charge in [0.25, 0.3) is 0 Å². The predicted molar refractivity (Wildman–Crippen MR) is 134 cm³/mol. The molecule has 0 saturated carbocycles. The van der Waals surface area contributed by atoms with Crippen LogP contribution in [-0.4, -0.2) is 28.3 Å². The monoisotopic (exact) mass is 471 g/mol. The molecule has 1 amide bonds. The number of benzene rings is 3. The van der Waals surface area contributed by atoms with Crippen molar-refractivity contribution in [2.75, 3.05) is 18.2 Å². The Morgan fingerprint density at radius 1 is 1.09 bits per heavy atom. The number of furan rings is 1. The van der Waals surface area contributed by atoms with E-state index in [-0.39, 0.29) is 22.8 Å². The number of carbonyl (C=O) groups is 1. The molecule has 2 heterocycles. The molecule has 1 N–H and O–H groups in total. The van der Waals surface area contributed by atoms with Crippen molar-refractivity contribution in [2.24, 2.45) is 0 Å². The summed E-state index contributed by atoms with van der Waals surface area (Å²) in [5.41, 5.74) is 3.16. The number of ether oxygens (including phenoxy) is 1. The largest absolute Gasteiger partial charge is 0.497 e. The summed E-state index contributed by atoms with van der Waals surface area (Å²) in [7, 11) is 1.56. The molecule has 34 heavy (non-hydrogen) atoms. The maximum absolute atomic E-state index is 13.6. The van der Waals surface area contributed by atoms with E-state index < -0.39 is 0 Å². The van der Waals surface area contributed by atoms with Crippen molar-refractivity contribution in [3.8, 4) is 11.4 Å². The summed E-state index contributed by atoms with van der Waals surface area (Å²) in [6, 6.07) is 22.1. The van der Waals surface area contributed by atoms with Crippen LogP contribution in [0.4, 0.5) is 5.69 Å². The first kappa shape index (κ1) is 21.8. The Labute approximate surface area is 199 Å². The van der Waals surface area contributed by atoms with Gasteiger partial charge in [0, 0.05) is 17.1 Å². The molecule has 3 aromatic carbocycles. The Kier molecular flexibility index (Phi) is 5.81. The molecule has 0 radical (unpaired) electrons. The van der Waals surface area contributed by atoms with Crippen LogP contribution in [0.3, 0.4) is 0 Å². The van der Waals surface area contributed by atoms with Crippen LogP contribution in [0.2, 0.25) is 0 Å². The molecule has 170 valence electrons. The third-order valence-corrected chi connectivity index (χ3v) is 6.37. The van der Waals surface area contributed by atoms with Gasteiger partial charge in [-0.2, -0.15) is 0 Å². The zero-order valence-corrected chi connectivity index (χ0v) is 19.4. The Bertz CT molecular complexity index is 1590. The molecule has 8 heteroatoms. The second-order valence-electron chi connectivity index (χ2n) is 7.66. The topological polar surface area (TPSA) is 86.4 Å². The lowest BCUT2D eigenvalue weighted by atomic mass is 10.2. The van der Waals surface area contributed by atoms with E-state index in [1.807, 2.05) is 49.4 Å². The Hall–Kier alpha value is -4.04. The summed E-state index contributed by atoms with van der Waals surface area (Å²) in [4.78, 5) is 31.0. The number of carbonyl (C=O) groups excluding carboxylic acids is 1. The molecule has 5 rings (SSSR count). The van der Waals surface area contributed by atoms with Crippen LogP contribution in [0, 0.1) is 6.92 Å². The molecule has 7 nitrogen and oxygen atoms in total. The number of methoxy groups -OCH3 is 1. The van der Waals surface area contributed by atoms with Gasteiger partial charge in [-0.15, -0.1) is 0 Å². The van der Waals surface area contributed by atoms with Gasteiger partial charge < -0.3 is 14.5 Å². The summed E-state index contributed by atoms with van der Waals surface area (Å²) in [5, 5.41) is 4.06. The number of hydrogen-bond acceptors (Lipinski definition) is 6. The van der Waals surface area contributed by atoms with Gasteiger partial charge in [0.05, 0.1) is 18.6 Å². The van der Waals surface area contributed by atoms with Crippen molar-refractivity contribution in [3.63, 3.8) is 0 Å². The van der Waals surface area contributed by atoms with Crippen molar-refractivity contribution in [2.45, 2.75) is 12.1 Å². The first-order valence-electron chi connectivity index (χ1n) is 10.6. The van der Waals surface area contributed by atoms with Gasteiger partial charge in [-0.3, -0.25) is 14.2 Å². The minimum Gasteiger partial charge on any atom is -0.497 e. The fourth-order valence-electron chi connectivity index (χ4n) is 3.73. The molecule has 0 fully saturated rings. The average Bonchev–Trinajstić information content (AvgIpc) is 3.23. The van der Waals surface area contributed by atoms with Crippen LogP contribution >= 0.6 is 11.8 Å².